The van der Waals surface area contributed by atoms with E-state index in [2.05, 4.69) is 193 Å². The van der Waals surface area contributed by atoms with Crippen molar-refractivity contribution >= 4 is 49.8 Å². The molecule has 59 heavy (non-hydrogen) atoms. The zero-order valence-corrected chi connectivity index (χ0v) is 34.4. The van der Waals surface area contributed by atoms with Gasteiger partial charge in [0.2, 0.25) is 0 Å². The van der Waals surface area contributed by atoms with Crippen LogP contribution in [0.25, 0.3) is 38.2 Å². The van der Waals surface area contributed by atoms with Gasteiger partial charge in [0.25, 0.3) is 0 Å². The molecule has 290 valence electrons. The fraction of sp³-hybridized carbons (Fsp3) is 0.164. The van der Waals surface area contributed by atoms with E-state index in [9.17, 15) is 0 Å². The van der Waals surface area contributed by atoms with Crippen molar-refractivity contribution < 1.29 is 4.74 Å². The Bertz CT molecular complexity index is 2880. The second-order valence-corrected chi connectivity index (χ2v) is 17.0. The number of thiophene rings is 1. The highest BCUT2D eigenvalue weighted by atomic mass is 32.1. The molecule has 10 rings (SSSR count). The van der Waals surface area contributed by atoms with Crippen molar-refractivity contribution in [2.24, 2.45) is 0 Å². The number of anilines is 2. The van der Waals surface area contributed by atoms with Crippen molar-refractivity contribution in [1.82, 2.24) is 4.57 Å². The first-order valence-electron chi connectivity index (χ1n) is 21.0. The van der Waals surface area contributed by atoms with E-state index in [-0.39, 0.29) is 6.04 Å². The van der Waals surface area contributed by atoms with Gasteiger partial charge in [-0.15, -0.1) is 11.3 Å². The lowest BCUT2D eigenvalue weighted by Gasteiger charge is -2.30. The minimum atomic E-state index is 0.237. The first-order valence-corrected chi connectivity index (χ1v) is 21.8. The lowest BCUT2D eigenvalue weighted by Crippen LogP contribution is -2.17. The molecule has 0 N–H and O–H groups in total. The van der Waals surface area contributed by atoms with Crippen LogP contribution in [-0.4, -0.2) is 11.2 Å². The maximum absolute atomic E-state index is 6.13. The maximum atomic E-state index is 6.13. The van der Waals surface area contributed by atoms with Gasteiger partial charge in [0.15, 0.2) is 0 Å². The van der Waals surface area contributed by atoms with E-state index in [0.717, 1.165) is 55.7 Å². The second kappa shape index (κ2) is 16.1. The number of ether oxygens (including phenoxy) is 1. The Hall–Kier alpha value is -6.36. The molecule has 0 fully saturated rings. The Morgan fingerprint density at radius 3 is 2.49 bits per heavy atom. The van der Waals surface area contributed by atoms with Crippen LogP contribution in [0.5, 0.6) is 5.75 Å². The number of allylic oxidation sites excluding steroid dienone is 8. The molecule has 0 radical (unpaired) electrons. The Balaban J connectivity index is 1.09. The summed E-state index contributed by atoms with van der Waals surface area (Å²) < 4.78 is 10.2. The highest BCUT2D eigenvalue weighted by molar-refractivity contribution is 7.19. The van der Waals surface area contributed by atoms with Gasteiger partial charge in [-0.05, 0) is 115 Å². The van der Waals surface area contributed by atoms with Gasteiger partial charge in [-0.25, -0.2) is 0 Å². The van der Waals surface area contributed by atoms with Crippen LogP contribution in [-0.2, 0) is 32.1 Å². The first-order chi connectivity index (χ1) is 29.1. The predicted molar refractivity (Wildman–Crippen MR) is 251 cm³/mol. The van der Waals surface area contributed by atoms with E-state index in [4.69, 9.17) is 4.74 Å². The quantitative estimate of drug-likeness (QED) is 0.160. The molecular weight excluding hydrogens is 737 g/mol. The first kappa shape index (κ1) is 36.9. The van der Waals surface area contributed by atoms with Crippen molar-refractivity contribution in [1.29, 1.82) is 0 Å². The lowest BCUT2D eigenvalue weighted by atomic mass is 9.92. The zero-order valence-electron chi connectivity index (χ0n) is 33.6. The van der Waals surface area contributed by atoms with E-state index in [0.29, 0.717) is 6.61 Å². The summed E-state index contributed by atoms with van der Waals surface area (Å²) in [6.45, 7) is 7.63. The van der Waals surface area contributed by atoms with Crippen LogP contribution >= 0.6 is 11.3 Å². The number of rotatable bonds is 7. The van der Waals surface area contributed by atoms with E-state index in [1.165, 1.54) is 76.2 Å². The third-order valence-corrected chi connectivity index (χ3v) is 13.3. The molecular formula is C55H48N2OS. The Labute approximate surface area is 351 Å². The highest BCUT2D eigenvalue weighted by Gasteiger charge is 2.27. The van der Waals surface area contributed by atoms with Gasteiger partial charge in [-0.1, -0.05) is 134 Å². The molecule has 3 aliphatic rings. The summed E-state index contributed by atoms with van der Waals surface area (Å²) in [5.74, 6) is 0.980. The average Bonchev–Trinajstić information content (AvgIpc) is 3.84. The van der Waals surface area contributed by atoms with Crippen molar-refractivity contribution in [3.8, 4) is 16.9 Å². The molecule has 4 heterocycles. The van der Waals surface area contributed by atoms with Gasteiger partial charge < -0.3 is 14.2 Å². The number of hydrogen-bond donors (Lipinski definition) is 0. The summed E-state index contributed by atoms with van der Waals surface area (Å²) in [5.41, 5.74) is 15.2. The molecule has 2 aromatic heterocycles. The molecule has 0 saturated carbocycles. The van der Waals surface area contributed by atoms with E-state index in [1.807, 2.05) is 11.3 Å². The Morgan fingerprint density at radius 2 is 1.56 bits per heavy atom. The summed E-state index contributed by atoms with van der Waals surface area (Å²) in [5, 5.41) is 2.72. The fourth-order valence-corrected chi connectivity index (χ4v) is 10.7. The van der Waals surface area contributed by atoms with Crippen LogP contribution in [0, 0.1) is 0 Å². The normalized spacial score (nSPS) is 16.7. The molecule has 4 heteroatoms. The fourth-order valence-electron chi connectivity index (χ4n) is 9.47. The molecule has 7 aromatic rings. The topological polar surface area (TPSA) is 17.4 Å². The SMILES string of the molecule is C=C1/C=C\C=C/Cc2cccc(-c3cccc4c3c3c(n4C(C)Cc4c(CC5=CCc6ccccc6OCC=C5)sc5ccccc45)CCC=C3)c2N1c1ccccc1. The summed E-state index contributed by atoms with van der Waals surface area (Å²) in [6.07, 6.45) is 25.9. The summed E-state index contributed by atoms with van der Waals surface area (Å²) in [6, 6.07) is 42.2. The van der Waals surface area contributed by atoms with Gasteiger partial charge in [0.1, 0.15) is 12.4 Å². The summed E-state index contributed by atoms with van der Waals surface area (Å²) in [4.78, 5) is 3.81. The molecule has 1 unspecified atom stereocenters. The van der Waals surface area contributed by atoms with E-state index in [1.54, 1.807) is 0 Å². The standard InChI is InChI=1S/C55H48N2OS/c1-38-18-5-3-6-21-42-22-15-28-46(55(42)56(38)43-23-7-4-8-24-43)45-27-16-30-50-54(45)47-26-10-12-29-49(47)57(50)39(2)36-48-44-25-11-14-32-52(44)59-53(48)37-40-19-17-35-58-51-31-13-9-20-41(51)34-33-40/h3-11,13-20,22-28,30-33,39H,1,12,21,29,34-37H2,2H3/b6-3-,18-5-,19-17?,40-33?. The van der Waals surface area contributed by atoms with Gasteiger partial charge in [0.05, 0.1) is 5.69 Å². The Morgan fingerprint density at radius 1 is 0.746 bits per heavy atom. The number of hydrogen-bond acceptors (Lipinski definition) is 3. The molecule has 0 spiro atoms. The number of benzene rings is 5. The van der Waals surface area contributed by atoms with E-state index >= 15 is 0 Å². The van der Waals surface area contributed by atoms with Crippen molar-refractivity contribution in [2.45, 2.75) is 51.5 Å². The van der Waals surface area contributed by atoms with Crippen LogP contribution in [0.1, 0.15) is 52.2 Å². The maximum Gasteiger partial charge on any atom is 0.123 e. The third kappa shape index (κ3) is 7.02. The monoisotopic (exact) mass is 784 g/mol. The van der Waals surface area contributed by atoms with Crippen LogP contribution in [0.2, 0.25) is 0 Å². The zero-order chi connectivity index (χ0) is 39.7. The molecule has 1 aliphatic carbocycles. The van der Waals surface area contributed by atoms with Gasteiger partial charge in [-0.3, -0.25) is 0 Å². The molecule has 3 nitrogen and oxygen atoms in total. The van der Waals surface area contributed by atoms with Gasteiger partial charge >= 0.3 is 0 Å². The van der Waals surface area contributed by atoms with Gasteiger partial charge in [-0.2, -0.15) is 0 Å². The Kier molecular flexibility index (Phi) is 10.1. The van der Waals surface area contributed by atoms with Crippen LogP contribution < -0.4 is 9.64 Å². The van der Waals surface area contributed by atoms with Gasteiger partial charge in [0, 0.05) is 61.1 Å². The minimum absolute atomic E-state index is 0.237. The van der Waals surface area contributed by atoms with Crippen molar-refractivity contribution in [3.63, 3.8) is 0 Å². The molecule has 2 aliphatic heterocycles. The lowest BCUT2D eigenvalue weighted by molar-refractivity contribution is 0.360. The average molecular weight is 785 g/mol. The van der Waals surface area contributed by atoms with Crippen LogP contribution in [0.15, 0.2) is 182 Å². The highest BCUT2D eigenvalue weighted by Crippen LogP contribution is 2.47. The third-order valence-electron chi connectivity index (χ3n) is 12.1. The minimum Gasteiger partial charge on any atom is -0.489 e. The summed E-state index contributed by atoms with van der Waals surface area (Å²) >= 11 is 1.96. The van der Waals surface area contributed by atoms with Crippen molar-refractivity contribution in [3.05, 3.63) is 215 Å². The molecule has 0 bridgehead atoms. The molecule has 0 amide bonds. The number of para-hydroxylation sites is 3. The summed E-state index contributed by atoms with van der Waals surface area (Å²) in [7, 11) is 0. The second-order valence-electron chi connectivity index (χ2n) is 15.9. The largest absolute Gasteiger partial charge is 0.489 e. The predicted octanol–water partition coefficient (Wildman–Crippen LogP) is 14.3. The van der Waals surface area contributed by atoms with Crippen LogP contribution in [0.4, 0.5) is 11.4 Å². The molecule has 5 aromatic carbocycles. The molecule has 0 saturated heterocycles. The van der Waals surface area contributed by atoms with Crippen LogP contribution in [0.3, 0.4) is 0 Å². The molecule has 1 atom stereocenters. The number of aromatic nitrogens is 1. The number of nitrogens with zero attached hydrogens (tertiary/aromatic N) is 2. The van der Waals surface area contributed by atoms with Crippen molar-refractivity contribution in [2.75, 3.05) is 11.5 Å². The smallest absolute Gasteiger partial charge is 0.123 e. The number of fused-ring (bicyclic) bond motifs is 6. The van der Waals surface area contributed by atoms with E-state index < -0.39 is 0 Å².